The Morgan fingerprint density at radius 3 is 2.96 bits per heavy atom. The van der Waals surface area contributed by atoms with Crippen molar-refractivity contribution in [1.29, 1.82) is 0 Å². The van der Waals surface area contributed by atoms with Gasteiger partial charge in [0.2, 0.25) is 0 Å². The fourth-order valence-electron chi connectivity index (χ4n) is 1.94. The number of aliphatic hydroxyl groups is 1. The van der Waals surface area contributed by atoms with Crippen molar-refractivity contribution in [3.63, 3.8) is 0 Å². The molecular formula is C16H18N4O3S. The highest BCUT2D eigenvalue weighted by molar-refractivity contribution is 7.80. The molecule has 0 aliphatic rings. The number of aliphatic hydroxyl groups excluding tert-OH is 1. The van der Waals surface area contributed by atoms with Gasteiger partial charge in [-0.2, -0.15) is 5.10 Å². The number of nitrogens with zero attached hydrogens (tertiary/aromatic N) is 2. The van der Waals surface area contributed by atoms with E-state index in [0.29, 0.717) is 22.6 Å². The Bertz CT molecular complexity index is 765. The van der Waals surface area contributed by atoms with Gasteiger partial charge in [-0.1, -0.05) is 6.07 Å². The van der Waals surface area contributed by atoms with Gasteiger partial charge in [0.25, 0.3) is 0 Å². The predicted octanol–water partition coefficient (Wildman–Crippen LogP) is 1.92. The smallest absolute Gasteiger partial charge is 0.191 e. The van der Waals surface area contributed by atoms with Crippen molar-refractivity contribution in [3.8, 4) is 11.5 Å². The van der Waals surface area contributed by atoms with Crippen LogP contribution in [0.25, 0.3) is 0 Å². The minimum Gasteiger partial charge on any atom is -0.505 e. The van der Waals surface area contributed by atoms with E-state index < -0.39 is 0 Å². The van der Waals surface area contributed by atoms with Crippen molar-refractivity contribution in [2.24, 2.45) is 5.10 Å². The van der Waals surface area contributed by atoms with E-state index in [0.717, 1.165) is 5.69 Å². The fourth-order valence-corrected chi connectivity index (χ4v) is 2.11. The molecule has 1 aromatic heterocycles. The van der Waals surface area contributed by atoms with Crippen LogP contribution in [0.15, 0.2) is 35.6 Å². The van der Waals surface area contributed by atoms with Gasteiger partial charge in [-0.05, 0) is 31.3 Å². The Labute approximate surface area is 145 Å². The first kappa shape index (κ1) is 17.6. The van der Waals surface area contributed by atoms with E-state index in [9.17, 15) is 10.2 Å². The van der Waals surface area contributed by atoms with E-state index in [1.807, 2.05) is 18.2 Å². The number of benzene rings is 1. The predicted molar refractivity (Wildman–Crippen MR) is 96.5 cm³/mol. The third-order valence-corrected chi connectivity index (χ3v) is 3.41. The van der Waals surface area contributed by atoms with Crippen LogP contribution in [-0.2, 0) is 6.61 Å². The molecule has 0 atom stereocenters. The van der Waals surface area contributed by atoms with Gasteiger partial charge in [0, 0.05) is 29.1 Å². The molecule has 0 fully saturated rings. The molecule has 4 N–H and O–H groups in total. The summed E-state index contributed by atoms with van der Waals surface area (Å²) in [4.78, 5) is 3.98. The first-order valence-corrected chi connectivity index (χ1v) is 7.48. The van der Waals surface area contributed by atoms with E-state index in [2.05, 4.69) is 20.8 Å². The number of aromatic hydroxyl groups is 1. The fraction of sp³-hybridized carbons (Fsp3) is 0.188. The van der Waals surface area contributed by atoms with E-state index in [-0.39, 0.29) is 17.5 Å². The van der Waals surface area contributed by atoms with Crippen molar-refractivity contribution in [2.75, 3.05) is 12.4 Å². The third kappa shape index (κ3) is 4.40. The number of rotatable bonds is 5. The molecule has 0 saturated heterocycles. The van der Waals surface area contributed by atoms with E-state index >= 15 is 0 Å². The number of aromatic nitrogens is 1. The highest BCUT2D eigenvalue weighted by atomic mass is 32.1. The van der Waals surface area contributed by atoms with Crippen molar-refractivity contribution >= 4 is 29.2 Å². The van der Waals surface area contributed by atoms with E-state index in [4.69, 9.17) is 17.0 Å². The summed E-state index contributed by atoms with van der Waals surface area (Å²) in [5, 5.41) is 26.5. The van der Waals surface area contributed by atoms with Crippen LogP contribution < -0.4 is 15.5 Å². The summed E-state index contributed by atoms with van der Waals surface area (Å²) >= 11 is 5.15. The van der Waals surface area contributed by atoms with Gasteiger partial charge in [-0.3, -0.25) is 10.4 Å². The lowest BCUT2D eigenvalue weighted by Gasteiger charge is -2.09. The maximum atomic E-state index is 10.0. The quantitative estimate of drug-likeness (QED) is 0.373. The van der Waals surface area contributed by atoms with E-state index in [1.165, 1.54) is 12.4 Å². The lowest BCUT2D eigenvalue weighted by molar-refractivity contribution is 0.280. The van der Waals surface area contributed by atoms with Crippen LogP contribution in [0.1, 0.15) is 16.8 Å². The van der Waals surface area contributed by atoms with Gasteiger partial charge in [-0.15, -0.1) is 0 Å². The summed E-state index contributed by atoms with van der Waals surface area (Å²) < 4.78 is 5.13. The zero-order valence-electron chi connectivity index (χ0n) is 13.3. The Hall–Kier alpha value is -2.71. The standard InChI is InChI=1S/C16H18N4O3S/c1-10-15(22)14(11(9-21)7-17-10)8-18-20-16(24)19-12-4-3-5-13(6-12)23-2/h3-8,21-22H,9H2,1-2H3,(H2,19,20,24)/b18-8+. The van der Waals surface area contributed by atoms with Crippen LogP contribution in [0.4, 0.5) is 5.69 Å². The zero-order chi connectivity index (χ0) is 17.5. The van der Waals surface area contributed by atoms with Crippen LogP contribution in [0, 0.1) is 6.92 Å². The number of pyridine rings is 1. The minimum absolute atomic E-state index is 0.0289. The van der Waals surface area contributed by atoms with Crippen molar-refractivity contribution in [2.45, 2.75) is 13.5 Å². The van der Waals surface area contributed by atoms with Gasteiger partial charge in [0.05, 0.1) is 25.6 Å². The molecule has 1 heterocycles. The molecule has 1 aromatic carbocycles. The number of nitrogens with one attached hydrogen (secondary N) is 2. The second-order valence-corrected chi connectivity index (χ2v) is 5.25. The molecule has 0 saturated carbocycles. The molecule has 0 aliphatic heterocycles. The maximum absolute atomic E-state index is 10.0. The summed E-state index contributed by atoms with van der Waals surface area (Å²) in [6.07, 6.45) is 2.87. The second kappa shape index (κ2) is 8.23. The molecule has 0 unspecified atom stereocenters. The average molecular weight is 346 g/mol. The van der Waals surface area contributed by atoms with Crippen LogP contribution in [0.3, 0.4) is 0 Å². The number of hydrogen-bond donors (Lipinski definition) is 4. The molecule has 8 heteroatoms. The lowest BCUT2D eigenvalue weighted by Crippen LogP contribution is -2.23. The summed E-state index contributed by atoms with van der Waals surface area (Å²) in [5.74, 6) is 0.676. The molecule has 24 heavy (non-hydrogen) atoms. The molecule has 0 amide bonds. The number of hydrogen-bond acceptors (Lipinski definition) is 6. The minimum atomic E-state index is -0.255. The summed E-state index contributed by atoms with van der Waals surface area (Å²) in [5.41, 5.74) is 4.71. The maximum Gasteiger partial charge on any atom is 0.191 e. The van der Waals surface area contributed by atoms with Crippen LogP contribution in [0.5, 0.6) is 11.5 Å². The number of anilines is 1. The summed E-state index contributed by atoms with van der Waals surface area (Å²) in [6, 6.07) is 7.28. The molecule has 0 spiro atoms. The molecule has 2 rings (SSSR count). The number of methoxy groups -OCH3 is 1. The largest absolute Gasteiger partial charge is 0.505 e. The highest BCUT2D eigenvalue weighted by Gasteiger charge is 2.09. The Balaban J connectivity index is 2.03. The van der Waals surface area contributed by atoms with Gasteiger partial charge in [0.1, 0.15) is 11.5 Å². The molecule has 2 aromatic rings. The Morgan fingerprint density at radius 1 is 1.46 bits per heavy atom. The van der Waals surface area contributed by atoms with Gasteiger partial charge in [0.15, 0.2) is 5.11 Å². The number of thiocarbonyl (C=S) groups is 1. The molecule has 0 bridgehead atoms. The number of aryl methyl sites for hydroxylation is 1. The van der Waals surface area contributed by atoms with Crippen LogP contribution >= 0.6 is 12.2 Å². The summed E-state index contributed by atoms with van der Waals surface area (Å²) in [7, 11) is 1.59. The molecule has 126 valence electrons. The average Bonchev–Trinajstić information content (AvgIpc) is 2.59. The monoisotopic (exact) mass is 346 g/mol. The van der Waals surface area contributed by atoms with E-state index in [1.54, 1.807) is 20.1 Å². The van der Waals surface area contributed by atoms with Crippen molar-refractivity contribution in [3.05, 3.63) is 47.3 Å². The SMILES string of the molecule is COc1cccc(NC(=S)N/N=C/c2c(CO)cnc(C)c2O)c1. The van der Waals surface area contributed by atoms with Gasteiger partial charge >= 0.3 is 0 Å². The first-order valence-electron chi connectivity index (χ1n) is 7.07. The normalized spacial score (nSPS) is 10.6. The molecule has 7 nitrogen and oxygen atoms in total. The van der Waals surface area contributed by atoms with Gasteiger partial charge in [-0.25, -0.2) is 0 Å². The molecular weight excluding hydrogens is 328 g/mol. The molecule has 0 aliphatic carbocycles. The number of hydrazone groups is 1. The first-order chi connectivity index (χ1) is 11.5. The van der Waals surface area contributed by atoms with Crippen molar-refractivity contribution < 1.29 is 14.9 Å². The molecule has 0 radical (unpaired) electrons. The Morgan fingerprint density at radius 2 is 2.25 bits per heavy atom. The lowest BCUT2D eigenvalue weighted by atomic mass is 10.1. The van der Waals surface area contributed by atoms with Crippen molar-refractivity contribution in [1.82, 2.24) is 10.4 Å². The zero-order valence-corrected chi connectivity index (χ0v) is 14.1. The van der Waals surface area contributed by atoms with Crippen LogP contribution in [-0.4, -0.2) is 33.6 Å². The highest BCUT2D eigenvalue weighted by Crippen LogP contribution is 2.21. The topological polar surface area (TPSA) is 99.0 Å². The summed E-state index contributed by atoms with van der Waals surface area (Å²) in [6.45, 7) is 1.41. The third-order valence-electron chi connectivity index (χ3n) is 3.22. The number of ether oxygens (including phenoxy) is 1. The Kier molecular flexibility index (Phi) is 6.05. The van der Waals surface area contributed by atoms with Gasteiger partial charge < -0.3 is 20.3 Å². The van der Waals surface area contributed by atoms with Crippen LogP contribution in [0.2, 0.25) is 0 Å². The second-order valence-electron chi connectivity index (χ2n) is 4.85.